The summed E-state index contributed by atoms with van der Waals surface area (Å²) >= 11 is 0. The first-order chi connectivity index (χ1) is 26.6. The Labute approximate surface area is 315 Å². The molecule has 1 saturated heterocycles. The first kappa shape index (κ1) is 31.5. The molecule has 2 aliphatic rings. The van der Waals surface area contributed by atoms with Crippen molar-refractivity contribution in [2.75, 3.05) is 0 Å². The molecule has 2 atom stereocenters. The summed E-state index contributed by atoms with van der Waals surface area (Å²) in [5.41, 5.74) is 12.6. The van der Waals surface area contributed by atoms with Gasteiger partial charge in [0.1, 0.15) is 0 Å². The second-order valence-corrected chi connectivity index (χ2v) is 15.4. The van der Waals surface area contributed by atoms with Crippen molar-refractivity contribution in [3.8, 4) is 16.8 Å². The number of fused-ring (bicyclic) bond motifs is 12. The van der Waals surface area contributed by atoms with Crippen molar-refractivity contribution in [1.82, 2.24) is 20.5 Å². The van der Waals surface area contributed by atoms with Crippen LogP contribution in [0.3, 0.4) is 0 Å². The third-order valence-corrected chi connectivity index (χ3v) is 12.0. The Morgan fingerprint density at radius 3 is 1.50 bits per heavy atom. The van der Waals surface area contributed by atoms with Gasteiger partial charge in [0.2, 0.25) is 0 Å². The summed E-state index contributed by atoms with van der Waals surface area (Å²) in [6, 6.07) is 62.1. The van der Waals surface area contributed by atoms with Crippen LogP contribution in [0.2, 0.25) is 0 Å². The molecule has 1 aliphatic heterocycles. The van der Waals surface area contributed by atoms with Crippen LogP contribution in [0.5, 0.6) is 0 Å². The minimum Gasteiger partial charge on any atom is -0.309 e. The van der Waals surface area contributed by atoms with E-state index in [4.69, 9.17) is 0 Å². The van der Waals surface area contributed by atoms with Crippen molar-refractivity contribution in [3.63, 3.8) is 0 Å². The van der Waals surface area contributed by atoms with Crippen LogP contribution in [0.4, 0.5) is 0 Å². The van der Waals surface area contributed by atoms with E-state index in [1.807, 2.05) is 0 Å². The van der Waals surface area contributed by atoms with E-state index < -0.39 is 0 Å². The number of para-hydroxylation sites is 1. The maximum absolute atomic E-state index is 3.85. The highest BCUT2D eigenvalue weighted by Gasteiger charge is 2.41. The molecule has 1 fully saturated rings. The fourth-order valence-corrected chi connectivity index (χ4v) is 9.69. The Hall–Kier alpha value is -6.04. The Kier molecular flexibility index (Phi) is 6.99. The summed E-state index contributed by atoms with van der Waals surface area (Å²) in [6.07, 6.45) is -0.0929. The smallest absolute Gasteiger partial charge is 0.0864 e. The highest BCUT2D eigenvalue weighted by Crippen LogP contribution is 2.57. The summed E-state index contributed by atoms with van der Waals surface area (Å²) in [7, 11) is 0. The van der Waals surface area contributed by atoms with Gasteiger partial charge in [0, 0.05) is 21.9 Å². The van der Waals surface area contributed by atoms with Gasteiger partial charge in [-0.1, -0.05) is 166 Å². The van der Waals surface area contributed by atoms with E-state index in [0.717, 1.165) is 5.69 Å². The maximum Gasteiger partial charge on any atom is 0.0864 e. The molecule has 1 aromatic heterocycles. The predicted octanol–water partition coefficient (Wildman–Crippen LogP) is 11.6. The zero-order valence-electron chi connectivity index (χ0n) is 30.3. The number of hydrogen-bond acceptors (Lipinski definition) is 3. The van der Waals surface area contributed by atoms with Gasteiger partial charge in [-0.2, -0.15) is 0 Å². The molecule has 2 heterocycles. The summed E-state index contributed by atoms with van der Waals surface area (Å²) in [5.74, 6) is 0. The molecular weight excluding hydrogens is 657 g/mol. The van der Waals surface area contributed by atoms with Gasteiger partial charge in [-0.3, -0.25) is 16.0 Å². The zero-order chi connectivity index (χ0) is 36.0. The van der Waals surface area contributed by atoms with Crippen LogP contribution in [0.15, 0.2) is 170 Å². The van der Waals surface area contributed by atoms with Gasteiger partial charge in [-0.25, -0.2) is 0 Å². The van der Waals surface area contributed by atoms with E-state index >= 15 is 0 Å². The van der Waals surface area contributed by atoms with E-state index in [-0.39, 0.29) is 23.9 Å². The highest BCUT2D eigenvalue weighted by atomic mass is 15.4. The quantitative estimate of drug-likeness (QED) is 0.160. The minimum atomic E-state index is -0.234. The summed E-state index contributed by atoms with van der Waals surface area (Å²) in [5, 5.41) is 19.4. The van der Waals surface area contributed by atoms with Gasteiger partial charge in [0.05, 0.1) is 29.5 Å². The van der Waals surface area contributed by atoms with Crippen molar-refractivity contribution >= 4 is 43.4 Å². The molecular formula is C50H40N4. The lowest BCUT2D eigenvalue weighted by atomic mass is 9.78. The fraction of sp³-hybridized carbons (Fsp3) is 0.120. The van der Waals surface area contributed by atoms with Gasteiger partial charge in [-0.05, 0) is 78.7 Å². The molecule has 3 N–H and O–H groups in total. The van der Waals surface area contributed by atoms with E-state index in [0.29, 0.717) is 0 Å². The fourth-order valence-electron chi connectivity index (χ4n) is 9.69. The number of nitrogens with one attached hydrogen (secondary N) is 3. The molecule has 54 heavy (non-hydrogen) atoms. The second-order valence-electron chi connectivity index (χ2n) is 15.4. The van der Waals surface area contributed by atoms with Crippen molar-refractivity contribution in [1.29, 1.82) is 0 Å². The molecule has 11 rings (SSSR count). The molecule has 0 saturated carbocycles. The third kappa shape index (κ3) is 4.61. The molecule has 1 aliphatic carbocycles. The number of aromatic nitrogens is 1. The monoisotopic (exact) mass is 696 g/mol. The van der Waals surface area contributed by atoms with Crippen LogP contribution in [0.1, 0.15) is 60.2 Å². The molecule has 0 radical (unpaired) electrons. The van der Waals surface area contributed by atoms with Crippen molar-refractivity contribution in [2.24, 2.45) is 0 Å². The zero-order valence-corrected chi connectivity index (χ0v) is 30.3. The normalized spacial score (nSPS) is 19.0. The molecule has 0 spiro atoms. The van der Waals surface area contributed by atoms with Crippen molar-refractivity contribution in [3.05, 3.63) is 198 Å². The predicted molar refractivity (Wildman–Crippen MR) is 224 cm³/mol. The number of hydrogen-bond donors (Lipinski definition) is 3. The van der Waals surface area contributed by atoms with Crippen LogP contribution in [-0.4, -0.2) is 4.57 Å². The first-order valence-electron chi connectivity index (χ1n) is 19.1. The van der Waals surface area contributed by atoms with Gasteiger partial charge in [0.25, 0.3) is 0 Å². The van der Waals surface area contributed by atoms with E-state index in [2.05, 4.69) is 204 Å². The molecule has 8 aromatic carbocycles. The first-order valence-corrected chi connectivity index (χ1v) is 19.1. The standard InChI is InChI=1S/C50H40N4/c1-50(2)44-39-23-12-10-20-36(39)35-19-9-11-22-38(35)43(44)41-30-29-40-37-21-13-14-24-42(37)54(46(40)45(41)50)34-27-25-33(26-28-34)49-52-47(31-15-5-3-6-16-31)51-48(53-49)32-17-7-4-8-18-32/h3-30,47-49,51-53H,1-2H3. The topological polar surface area (TPSA) is 41.0 Å². The van der Waals surface area contributed by atoms with Crippen LogP contribution in [0.25, 0.3) is 60.2 Å². The molecule has 9 aromatic rings. The molecule has 0 amide bonds. The average molecular weight is 697 g/mol. The Balaban J connectivity index is 1.08. The maximum atomic E-state index is 3.85. The van der Waals surface area contributed by atoms with Crippen molar-refractivity contribution < 1.29 is 0 Å². The van der Waals surface area contributed by atoms with Crippen LogP contribution in [-0.2, 0) is 5.41 Å². The van der Waals surface area contributed by atoms with Gasteiger partial charge < -0.3 is 4.57 Å². The molecule has 260 valence electrons. The number of rotatable bonds is 4. The number of benzene rings is 8. The summed E-state index contributed by atoms with van der Waals surface area (Å²) in [6.45, 7) is 4.87. The molecule has 4 heteroatoms. The third-order valence-electron chi connectivity index (χ3n) is 12.0. The van der Waals surface area contributed by atoms with E-state index in [1.165, 1.54) is 82.3 Å². The summed E-state index contributed by atoms with van der Waals surface area (Å²) in [4.78, 5) is 0. The van der Waals surface area contributed by atoms with Gasteiger partial charge in [0.15, 0.2) is 0 Å². The Morgan fingerprint density at radius 2 is 0.889 bits per heavy atom. The lowest BCUT2D eigenvalue weighted by molar-refractivity contribution is 0.203. The van der Waals surface area contributed by atoms with Crippen LogP contribution >= 0.6 is 0 Å². The lowest BCUT2D eigenvalue weighted by Crippen LogP contribution is -2.54. The van der Waals surface area contributed by atoms with Crippen LogP contribution in [0, 0.1) is 0 Å². The SMILES string of the molecule is CC1(C)c2c(c3ccccc3c3ccccc23)-c2ccc3c4ccccc4n(-c4ccc(C5NC(c6ccccc6)NC(c6ccccc6)N5)cc4)c3c21. The van der Waals surface area contributed by atoms with E-state index in [9.17, 15) is 0 Å². The minimum absolute atomic E-state index is 0.0155. The molecule has 0 bridgehead atoms. The Morgan fingerprint density at radius 1 is 0.407 bits per heavy atom. The largest absolute Gasteiger partial charge is 0.309 e. The van der Waals surface area contributed by atoms with Gasteiger partial charge in [-0.15, -0.1) is 0 Å². The molecule has 4 nitrogen and oxygen atoms in total. The van der Waals surface area contributed by atoms with E-state index in [1.54, 1.807) is 0 Å². The Bertz CT molecular complexity index is 2840. The highest BCUT2D eigenvalue weighted by molar-refractivity contribution is 6.21. The average Bonchev–Trinajstić information content (AvgIpc) is 3.70. The van der Waals surface area contributed by atoms with Crippen molar-refractivity contribution in [2.45, 2.75) is 37.8 Å². The molecule has 2 unspecified atom stereocenters. The van der Waals surface area contributed by atoms with Gasteiger partial charge >= 0.3 is 0 Å². The number of nitrogens with zero attached hydrogens (tertiary/aromatic N) is 1. The van der Waals surface area contributed by atoms with Crippen LogP contribution < -0.4 is 16.0 Å². The summed E-state index contributed by atoms with van der Waals surface area (Å²) < 4.78 is 2.52. The second kappa shape index (κ2) is 12.0. The lowest BCUT2D eigenvalue weighted by Gasteiger charge is -2.39.